The second-order valence-electron chi connectivity index (χ2n) is 22.9. The van der Waals surface area contributed by atoms with E-state index >= 15 is 0 Å². The van der Waals surface area contributed by atoms with Gasteiger partial charge in [-0.2, -0.15) is 0 Å². The molecule has 3 N–H and O–H groups in total. The molecular weight excluding hydrogens is 1080 g/mol. The summed E-state index contributed by atoms with van der Waals surface area (Å²) < 4.78 is 67.8. The standard InChI is InChI=1S/C62H120O17P2/c1-6-9-12-15-18-26-32-36-41-46-60(65)73-52-58(79-62(67)48-43-38-33-28-25-23-21-22-24-27-29-34-39-44-55(4)5)54-77-81(70,71)75-50-56(63)49-74-80(68,69)76-53-57(78-61(66)47-42-37-31-20-17-14-11-8-3)51-72-59(64)45-40-35-30-19-16-13-10-7-2/h55-58,63H,6-54H2,1-5H3,(H,68,69)(H,70,71)/t56-,57+,58+/m0/s1. The molecule has 0 aliphatic carbocycles. The lowest BCUT2D eigenvalue weighted by molar-refractivity contribution is -0.161. The first-order valence-corrected chi connectivity index (χ1v) is 35.6. The number of esters is 4. The highest BCUT2D eigenvalue weighted by molar-refractivity contribution is 7.47. The number of rotatable bonds is 62. The Morgan fingerprint density at radius 3 is 0.840 bits per heavy atom. The number of carbonyl (C=O) groups is 4. The summed E-state index contributed by atoms with van der Waals surface area (Å²) in [5.74, 6) is -1.35. The van der Waals surface area contributed by atoms with Crippen LogP contribution < -0.4 is 0 Å². The molecule has 0 rings (SSSR count). The third kappa shape index (κ3) is 56.9. The highest BCUT2D eigenvalue weighted by Crippen LogP contribution is 2.45. The third-order valence-corrected chi connectivity index (χ3v) is 16.2. The maximum atomic E-state index is 12.9. The molecule has 480 valence electrons. The molecule has 19 heteroatoms. The average Bonchev–Trinajstić information content (AvgIpc) is 3.43. The number of aliphatic hydroxyl groups is 1. The smallest absolute Gasteiger partial charge is 0.462 e. The summed E-state index contributed by atoms with van der Waals surface area (Å²) in [4.78, 5) is 71.9. The molecule has 0 saturated heterocycles. The molecule has 0 aromatic carbocycles. The number of aliphatic hydroxyl groups excluding tert-OH is 1. The summed E-state index contributed by atoms with van der Waals surface area (Å²) in [7, 11) is -9.87. The van der Waals surface area contributed by atoms with E-state index in [1.54, 1.807) is 0 Å². The summed E-state index contributed by atoms with van der Waals surface area (Å²) in [6, 6.07) is 0. The van der Waals surface area contributed by atoms with E-state index in [0.29, 0.717) is 25.7 Å². The van der Waals surface area contributed by atoms with E-state index in [-0.39, 0.29) is 25.7 Å². The third-order valence-electron chi connectivity index (χ3n) is 14.3. The van der Waals surface area contributed by atoms with Crippen molar-refractivity contribution >= 4 is 39.5 Å². The van der Waals surface area contributed by atoms with Gasteiger partial charge in [0.15, 0.2) is 12.2 Å². The molecule has 0 aromatic heterocycles. The molecule has 0 radical (unpaired) electrons. The maximum Gasteiger partial charge on any atom is 0.472 e. The average molecular weight is 1200 g/mol. The maximum absolute atomic E-state index is 12.9. The van der Waals surface area contributed by atoms with Crippen molar-refractivity contribution < 1.29 is 80.2 Å². The fraction of sp³-hybridized carbons (Fsp3) is 0.935. The predicted octanol–water partition coefficient (Wildman–Crippen LogP) is 17.0. The van der Waals surface area contributed by atoms with Gasteiger partial charge in [0.1, 0.15) is 19.3 Å². The normalized spacial score (nSPS) is 14.3. The zero-order chi connectivity index (χ0) is 59.9. The molecule has 17 nitrogen and oxygen atoms in total. The SMILES string of the molecule is CCCCCCCCCCCC(=O)OC[C@H](COP(=O)(O)OC[C@@H](O)COP(=O)(O)OC[C@@H](COC(=O)CCCCCCCCCC)OC(=O)CCCCCCCCCC)OC(=O)CCCCCCCCCCCCCCCC(C)C. The van der Waals surface area contributed by atoms with Crippen LogP contribution >= 0.6 is 15.6 Å². The lowest BCUT2D eigenvalue weighted by Crippen LogP contribution is -2.30. The fourth-order valence-corrected chi connectivity index (χ4v) is 10.8. The zero-order valence-electron chi connectivity index (χ0n) is 51.9. The highest BCUT2D eigenvalue weighted by Gasteiger charge is 2.30. The van der Waals surface area contributed by atoms with Crippen LogP contribution in [0.3, 0.4) is 0 Å². The van der Waals surface area contributed by atoms with Crippen molar-refractivity contribution in [2.75, 3.05) is 39.6 Å². The Hall–Kier alpha value is -1.94. The first-order chi connectivity index (χ1) is 39.0. The Balaban J connectivity index is 5.17. The largest absolute Gasteiger partial charge is 0.472 e. The number of phosphoric acid groups is 2. The lowest BCUT2D eigenvalue weighted by Gasteiger charge is -2.21. The summed E-state index contributed by atoms with van der Waals surface area (Å²) >= 11 is 0. The van der Waals surface area contributed by atoms with E-state index in [4.69, 9.17) is 37.0 Å². The second-order valence-corrected chi connectivity index (χ2v) is 25.8. The summed E-state index contributed by atoms with van der Waals surface area (Å²) in [6.45, 7) is 7.13. The number of hydrogen-bond donors (Lipinski definition) is 3. The topological polar surface area (TPSA) is 237 Å². The Morgan fingerprint density at radius 1 is 0.333 bits per heavy atom. The molecule has 0 amide bonds. The summed E-state index contributed by atoms with van der Waals surface area (Å²) in [6.07, 6.45) is 39.0. The lowest BCUT2D eigenvalue weighted by atomic mass is 10.0. The number of hydrogen-bond acceptors (Lipinski definition) is 15. The van der Waals surface area contributed by atoms with Crippen LogP contribution in [0.2, 0.25) is 0 Å². The number of phosphoric ester groups is 2. The molecule has 0 spiro atoms. The quantitative estimate of drug-likeness (QED) is 0.0222. The van der Waals surface area contributed by atoms with E-state index in [1.807, 2.05) is 0 Å². The van der Waals surface area contributed by atoms with E-state index in [2.05, 4.69) is 34.6 Å². The molecule has 0 heterocycles. The molecule has 81 heavy (non-hydrogen) atoms. The van der Waals surface area contributed by atoms with E-state index in [0.717, 1.165) is 109 Å². The Morgan fingerprint density at radius 2 is 0.568 bits per heavy atom. The van der Waals surface area contributed by atoms with Crippen molar-refractivity contribution in [1.82, 2.24) is 0 Å². The van der Waals surface area contributed by atoms with Gasteiger partial charge < -0.3 is 33.8 Å². The summed E-state index contributed by atoms with van der Waals surface area (Å²) in [5.41, 5.74) is 0. The number of unbranched alkanes of at least 4 members (excludes halogenated alkanes) is 34. The van der Waals surface area contributed by atoms with Crippen LogP contribution in [0, 0.1) is 5.92 Å². The van der Waals surface area contributed by atoms with Crippen LogP contribution in [0.1, 0.15) is 311 Å². The van der Waals surface area contributed by atoms with Gasteiger partial charge in [-0.3, -0.25) is 37.3 Å². The molecular formula is C62H120O17P2. The van der Waals surface area contributed by atoms with Crippen LogP contribution in [-0.4, -0.2) is 96.7 Å². The van der Waals surface area contributed by atoms with Crippen molar-refractivity contribution in [3.63, 3.8) is 0 Å². The van der Waals surface area contributed by atoms with E-state index in [1.165, 1.54) is 122 Å². The second kappa shape index (κ2) is 55.9. The predicted molar refractivity (Wildman–Crippen MR) is 322 cm³/mol. The molecule has 5 atom stereocenters. The van der Waals surface area contributed by atoms with Crippen LogP contribution in [0.4, 0.5) is 0 Å². The van der Waals surface area contributed by atoms with Crippen molar-refractivity contribution in [1.29, 1.82) is 0 Å². The molecule has 0 aliphatic rings. The monoisotopic (exact) mass is 1200 g/mol. The Kier molecular flexibility index (Phi) is 54.6. The highest BCUT2D eigenvalue weighted by atomic mass is 31.2. The van der Waals surface area contributed by atoms with Crippen LogP contribution in [0.25, 0.3) is 0 Å². The Labute approximate surface area is 492 Å². The van der Waals surface area contributed by atoms with Crippen molar-refractivity contribution in [2.45, 2.75) is 329 Å². The van der Waals surface area contributed by atoms with Gasteiger partial charge in [0.05, 0.1) is 26.4 Å². The van der Waals surface area contributed by atoms with E-state index < -0.39 is 97.5 Å². The molecule has 0 saturated carbocycles. The zero-order valence-corrected chi connectivity index (χ0v) is 53.7. The van der Waals surface area contributed by atoms with Gasteiger partial charge in [-0.15, -0.1) is 0 Å². The van der Waals surface area contributed by atoms with Crippen molar-refractivity contribution in [2.24, 2.45) is 5.92 Å². The van der Waals surface area contributed by atoms with Crippen molar-refractivity contribution in [3.8, 4) is 0 Å². The first-order valence-electron chi connectivity index (χ1n) is 32.6. The van der Waals surface area contributed by atoms with Crippen LogP contribution in [0.5, 0.6) is 0 Å². The van der Waals surface area contributed by atoms with Gasteiger partial charge in [0.25, 0.3) is 0 Å². The fourth-order valence-electron chi connectivity index (χ4n) is 9.23. The molecule has 2 unspecified atom stereocenters. The van der Waals surface area contributed by atoms with Gasteiger partial charge in [0.2, 0.25) is 0 Å². The first kappa shape index (κ1) is 79.1. The Bertz CT molecular complexity index is 1580. The van der Waals surface area contributed by atoms with Gasteiger partial charge in [-0.25, -0.2) is 9.13 Å². The van der Waals surface area contributed by atoms with Gasteiger partial charge in [-0.05, 0) is 31.6 Å². The molecule has 0 aromatic rings. The minimum Gasteiger partial charge on any atom is -0.462 e. The van der Waals surface area contributed by atoms with Crippen LogP contribution in [0.15, 0.2) is 0 Å². The molecule has 0 fully saturated rings. The molecule has 0 bridgehead atoms. The molecule has 0 aliphatic heterocycles. The van der Waals surface area contributed by atoms with Crippen LogP contribution in [-0.2, 0) is 65.4 Å². The number of ether oxygens (including phenoxy) is 4. The van der Waals surface area contributed by atoms with E-state index in [9.17, 15) is 43.2 Å². The van der Waals surface area contributed by atoms with Gasteiger partial charge >= 0.3 is 39.5 Å². The van der Waals surface area contributed by atoms with Gasteiger partial charge in [0, 0.05) is 25.7 Å². The van der Waals surface area contributed by atoms with Gasteiger partial charge in [-0.1, -0.05) is 259 Å². The number of carbonyl (C=O) groups excluding carboxylic acids is 4. The van der Waals surface area contributed by atoms with Crippen molar-refractivity contribution in [3.05, 3.63) is 0 Å². The minimum absolute atomic E-state index is 0.105. The minimum atomic E-state index is -4.94. The summed E-state index contributed by atoms with van der Waals surface area (Å²) in [5, 5.41) is 10.5.